The zero-order valence-corrected chi connectivity index (χ0v) is 12.1. The zero-order chi connectivity index (χ0) is 13.9. The van der Waals surface area contributed by atoms with E-state index in [1.165, 1.54) is 0 Å². The second-order valence-electron chi connectivity index (χ2n) is 5.28. The average Bonchev–Trinajstić information content (AvgIpc) is 2.33. The minimum absolute atomic E-state index is 0.0202. The number of nitrogens with zero attached hydrogens (tertiary/aromatic N) is 2. The molecule has 0 radical (unpaired) electrons. The number of rotatable bonds is 4. The van der Waals surface area contributed by atoms with Crippen LogP contribution in [0.5, 0.6) is 0 Å². The third kappa shape index (κ3) is 4.56. The van der Waals surface area contributed by atoms with E-state index in [2.05, 4.69) is 9.88 Å². The Morgan fingerprint density at radius 1 is 1.42 bits per heavy atom. The molecule has 2 heterocycles. The van der Waals surface area contributed by atoms with Gasteiger partial charge in [0.05, 0.1) is 11.4 Å². The molecule has 1 aromatic heterocycles. The second-order valence-corrected chi connectivity index (χ2v) is 6.94. The standard InChI is InChI=1S/C13H21N3O2S/c1-11-5-6-12(15-8-11)9-16-7-3-2-4-13(16)10-19(14,17)18/h5-6,8,13H,2-4,7,9-10H2,1H3,(H2,14,17,18). The Morgan fingerprint density at radius 3 is 2.84 bits per heavy atom. The van der Waals surface area contributed by atoms with E-state index in [1.807, 2.05) is 25.3 Å². The molecule has 1 atom stereocenters. The van der Waals surface area contributed by atoms with E-state index >= 15 is 0 Å². The van der Waals surface area contributed by atoms with Gasteiger partial charge in [-0.15, -0.1) is 0 Å². The number of sulfonamides is 1. The Hall–Kier alpha value is -0.980. The fourth-order valence-electron chi connectivity index (χ4n) is 2.53. The van der Waals surface area contributed by atoms with E-state index in [9.17, 15) is 8.42 Å². The molecule has 0 aromatic carbocycles. The number of hydrogen-bond donors (Lipinski definition) is 1. The van der Waals surface area contributed by atoms with E-state index < -0.39 is 10.0 Å². The molecule has 2 N–H and O–H groups in total. The number of aromatic nitrogens is 1. The lowest BCUT2D eigenvalue weighted by Gasteiger charge is -2.34. The molecule has 0 bridgehead atoms. The molecular weight excluding hydrogens is 262 g/mol. The summed E-state index contributed by atoms with van der Waals surface area (Å²) in [6.45, 7) is 3.61. The fourth-order valence-corrected chi connectivity index (χ4v) is 3.44. The summed E-state index contributed by atoms with van der Waals surface area (Å²) in [5.41, 5.74) is 2.11. The molecule has 0 amide bonds. The molecule has 19 heavy (non-hydrogen) atoms. The van der Waals surface area contributed by atoms with Crippen molar-refractivity contribution in [2.45, 2.75) is 38.8 Å². The summed E-state index contributed by atoms with van der Waals surface area (Å²) in [7, 11) is -3.42. The number of aryl methyl sites for hydroxylation is 1. The molecule has 5 nitrogen and oxygen atoms in total. The maximum Gasteiger partial charge on any atom is 0.210 e. The Kier molecular flexibility index (Phi) is 4.54. The van der Waals surface area contributed by atoms with Crippen molar-refractivity contribution >= 4 is 10.0 Å². The smallest absolute Gasteiger partial charge is 0.210 e. The SMILES string of the molecule is Cc1ccc(CN2CCCCC2CS(N)(=O)=O)nc1. The third-order valence-corrected chi connectivity index (χ3v) is 4.36. The highest BCUT2D eigenvalue weighted by Crippen LogP contribution is 2.20. The van der Waals surface area contributed by atoms with Gasteiger partial charge in [-0.3, -0.25) is 9.88 Å². The third-order valence-electron chi connectivity index (χ3n) is 3.51. The Morgan fingerprint density at radius 2 is 2.21 bits per heavy atom. The van der Waals surface area contributed by atoms with Crippen molar-refractivity contribution in [3.8, 4) is 0 Å². The number of primary sulfonamides is 1. The normalized spacial score (nSPS) is 21.5. The minimum atomic E-state index is -3.42. The highest BCUT2D eigenvalue weighted by atomic mass is 32.2. The van der Waals surface area contributed by atoms with Gasteiger partial charge in [-0.2, -0.15) is 0 Å². The topological polar surface area (TPSA) is 76.3 Å². The van der Waals surface area contributed by atoms with Crippen LogP contribution in [0.25, 0.3) is 0 Å². The summed E-state index contributed by atoms with van der Waals surface area (Å²) >= 11 is 0. The molecule has 6 heteroatoms. The summed E-state index contributed by atoms with van der Waals surface area (Å²) in [5, 5.41) is 5.17. The molecule has 1 aliphatic heterocycles. The van der Waals surface area contributed by atoms with Crippen LogP contribution in [0.3, 0.4) is 0 Å². The number of hydrogen-bond acceptors (Lipinski definition) is 4. The average molecular weight is 283 g/mol. The molecule has 1 aromatic rings. The maximum absolute atomic E-state index is 11.3. The van der Waals surface area contributed by atoms with Crippen molar-refractivity contribution < 1.29 is 8.42 Å². The first kappa shape index (κ1) is 14.4. The van der Waals surface area contributed by atoms with Gasteiger partial charge in [-0.1, -0.05) is 12.5 Å². The Labute approximate surface area is 114 Å². The van der Waals surface area contributed by atoms with Gasteiger partial charge in [0, 0.05) is 18.8 Å². The van der Waals surface area contributed by atoms with Crippen LogP contribution in [0, 0.1) is 6.92 Å². The number of piperidine rings is 1. The molecule has 106 valence electrons. The van der Waals surface area contributed by atoms with Crippen LogP contribution in [0.1, 0.15) is 30.5 Å². The lowest BCUT2D eigenvalue weighted by atomic mass is 10.0. The molecule has 0 spiro atoms. The summed E-state index contributed by atoms with van der Waals surface area (Å²) in [5.74, 6) is 0.0405. The van der Waals surface area contributed by atoms with E-state index in [-0.39, 0.29) is 11.8 Å². The molecule has 2 rings (SSSR count). The second kappa shape index (κ2) is 5.98. The van der Waals surface area contributed by atoms with Crippen molar-refractivity contribution in [3.05, 3.63) is 29.6 Å². The number of pyridine rings is 1. The van der Waals surface area contributed by atoms with Crippen LogP contribution in [-0.4, -0.2) is 36.6 Å². The van der Waals surface area contributed by atoms with Crippen LogP contribution in [0.2, 0.25) is 0 Å². The Balaban J connectivity index is 2.05. The van der Waals surface area contributed by atoms with E-state index in [0.29, 0.717) is 6.54 Å². The lowest BCUT2D eigenvalue weighted by molar-refractivity contribution is 0.152. The highest BCUT2D eigenvalue weighted by molar-refractivity contribution is 7.89. The molecular formula is C13H21N3O2S. The first-order chi connectivity index (χ1) is 8.94. The molecule has 0 aliphatic carbocycles. The van der Waals surface area contributed by atoms with Crippen LogP contribution < -0.4 is 5.14 Å². The van der Waals surface area contributed by atoms with Crippen LogP contribution in [0.15, 0.2) is 18.3 Å². The molecule has 1 aliphatic rings. The molecule has 1 unspecified atom stereocenters. The van der Waals surface area contributed by atoms with Crippen molar-refractivity contribution in [1.82, 2.24) is 9.88 Å². The summed E-state index contributed by atoms with van der Waals surface area (Å²) < 4.78 is 22.6. The van der Waals surface area contributed by atoms with Crippen molar-refractivity contribution in [2.75, 3.05) is 12.3 Å². The van der Waals surface area contributed by atoms with Gasteiger partial charge in [-0.05, 0) is 37.9 Å². The Bertz CT molecular complexity index is 513. The quantitative estimate of drug-likeness (QED) is 0.895. The summed E-state index contributed by atoms with van der Waals surface area (Å²) in [6, 6.07) is 4.05. The van der Waals surface area contributed by atoms with Crippen LogP contribution in [0.4, 0.5) is 0 Å². The van der Waals surface area contributed by atoms with Gasteiger partial charge in [0.25, 0.3) is 0 Å². The summed E-state index contributed by atoms with van der Waals surface area (Å²) in [4.78, 5) is 6.57. The fraction of sp³-hybridized carbons (Fsp3) is 0.615. The van der Waals surface area contributed by atoms with Crippen molar-refractivity contribution in [1.29, 1.82) is 0 Å². The zero-order valence-electron chi connectivity index (χ0n) is 11.2. The van der Waals surface area contributed by atoms with Gasteiger partial charge < -0.3 is 0 Å². The van der Waals surface area contributed by atoms with E-state index in [1.54, 1.807) is 0 Å². The first-order valence-corrected chi connectivity index (χ1v) is 8.32. The van der Waals surface area contributed by atoms with Gasteiger partial charge in [0.2, 0.25) is 10.0 Å². The van der Waals surface area contributed by atoms with Crippen molar-refractivity contribution in [3.63, 3.8) is 0 Å². The number of likely N-dealkylation sites (tertiary alicyclic amines) is 1. The lowest BCUT2D eigenvalue weighted by Crippen LogP contribution is -2.44. The molecule has 0 saturated carbocycles. The monoisotopic (exact) mass is 283 g/mol. The summed E-state index contributed by atoms with van der Waals surface area (Å²) in [6.07, 6.45) is 4.90. The first-order valence-electron chi connectivity index (χ1n) is 6.60. The van der Waals surface area contributed by atoms with Gasteiger partial charge in [-0.25, -0.2) is 13.6 Å². The predicted octanol–water partition coefficient (Wildman–Crippen LogP) is 1.03. The van der Waals surface area contributed by atoms with Crippen LogP contribution >= 0.6 is 0 Å². The highest BCUT2D eigenvalue weighted by Gasteiger charge is 2.26. The van der Waals surface area contributed by atoms with E-state index in [4.69, 9.17) is 5.14 Å². The maximum atomic E-state index is 11.3. The number of nitrogens with two attached hydrogens (primary N) is 1. The van der Waals surface area contributed by atoms with Crippen molar-refractivity contribution in [2.24, 2.45) is 5.14 Å². The molecule has 1 saturated heterocycles. The van der Waals surface area contributed by atoms with E-state index in [0.717, 1.165) is 37.1 Å². The molecule has 1 fully saturated rings. The van der Waals surface area contributed by atoms with Crippen LogP contribution in [-0.2, 0) is 16.6 Å². The van der Waals surface area contributed by atoms with Gasteiger partial charge in [0.15, 0.2) is 0 Å². The largest absolute Gasteiger partial charge is 0.294 e. The van der Waals surface area contributed by atoms with Gasteiger partial charge >= 0.3 is 0 Å². The minimum Gasteiger partial charge on any atom is -0.294 e. The predicted molar refractivity (Wildman–Crippen MR) is 75.0 cm³/mol. The van der Waals surface area contributed by atoms with Gasteiger partial charge in [0.1, 0.15) is 0 Å².